The molecule has 1 aromatic carbocycles. The maximum Gasteiger partial charge on any atom is 0.323 e. The Hall–Kier alpha value is -2.01. The van der Waals surface area contributed by atoms with Crippen molar-refractivity contribution in [1.82, 2.24) is 4.90 Å². The Kier molecular flexibility index (Phi) is 6.59. The molecule has 0 saturated carbocycles. The van der Waals surface area contributed by atoms with E-state index in [9.17, 15) is 9.59 Å². The largest absolute Gasteiger partial charge is 0.493 e. The average Bonchev–Trinajstić information content (AvgIpc) is 2.37. The summed E-state index contributed by atoms with van der Waals surface area (Å²) in [7, 11) is 0. The normalized spacial score (nSPS) is 9.85. The van der Waals surface area contributed by atoms with E-state index in [0.717, 1.165) is 0 Å². The minimum absolute atomic E-state index is 0.0909. The summed E-state index contributed by atoms with van der Waals surface area (Å²) in [5.41, 5.74) is 0. The molecular formula is C14H16ClNO4. The van der Waals surface area contributed by atoms with Gasteiger partial charge in [-0.15, -0.1) is 6.58 Å². The smallest absolute Gasteiger partial charge is 0.323 e. The molecule has 0 bridgehead atoms. The molecule has 1 aromatic rings. The van der Waals surface area contributed by atoms with E-state index in [4.69, 9.17) is 21.4 Å². The van der Waals surface area contributed by atoms with Crippen LogP contribution >= 0.6 is 11.6 Å². The predicted molar refractivity (Wildman–Crippen MR) is 76.0 cm³/mol. The van der Waals surface area contributed by atoms with E-state index >= 15 is 0 Å². The van der Waals surface area contributed by atoms with Crippen LogP contribution in [0.25, 0.3) is 0 Å². The van der Waals surface area contributed by atoms with Gasteiger partial charge in [-0.2, -0.15) is 0 Å². The lowest BCUT2D eigenvalue weighted by molar-refractivity contribution is -0.144. The lowest BCUT2D eigenvalue weighted by atomic mass is 10.3. The summed E-state index contributed by atoms with van der Waals surface area (Å²) >= 11 is 5.80. The number of carboxylic acids is 1. The van der Waals surface area contributed by atoms with Gasteiger partial charge in [-0.3, -0.25) is 9.59 Å². The summed E-state index contributed by atoms with van der Waals surface area (Å²) in [6, 6.07) is 6.84. The third-order valence-corrected chi connectivity index (χ3v) is 2.64. The van der Waals surface area contributed by atoms with Crippen LogP contribution in [0.3, 0.4) is 0 Å². The maximum absolute atomic E-state index is 11.8. The monoisotopic (exact) mass is 297 g/mol. The number of nitrogens with zero attached hydrogens (tertiary/aromatic N) is 1. The summed E-state index contributed by atoms with van der Waals surface area (Å²) in [6.07, 6.45) is 1.58. The van der Waals surface area contributed by atoms with Crippen LogP contribution in [0.5, 0.6) is 5.75 Å². The van der Waals surface area contributed by atoms with Crippen molar-refractivity contribution in [3.63, 3.8) is 0 Å². The summed E-state index contributed by atoms with van der Waals surface area (Å²) in [6.45, 7) is 3.51. The molecule has 20 heavy (non-hydrogen) atoms. The van der Waals surface area contributed by atoms with Gasteiger partial charge in [0.05, 0.1) is 13.0 Å². The lowest BCUT2D eigenvalue weighted by Gasteiger charge is -2.18. The van der Waals surface area contributed by atoms with Crippen LogP contribution in [0.2, 0.25) is 5.02 Å². The van der Waals surface area contributed by atoms with Gasteiger partial charge < -0.3 is 14.7 Å². The zero-order chi connectivity index (χ0) is 15.0. The van der Waals surface area contributed by atoms with E-state index in [0.29, 0.717) is 10.8 Å². The predicted octanol–water partition coefficient (Wildman–Crippen LogP) is 2.21. The molecule has 0 saturated heterocycles. The number of amides is 1. The van der Waals surface area contributed by atoms with Crippen molar-refractivity contribution in [2.45, 2.75) is 6.42 Å². The van der Waals surface area contributed by atoms with E-state index in [1.807, 2.05) is 0 Å². The minimum Gasteiger partial charge on any atom is -0.493 e. The van der Waals surface area contributed by atoms with Crippen molar-refractivity contribution >= 4 is 23.5 Å². The van der Waals surface area contributed by atoms with Crippen molar-refractivity contribution < 1.29 is 19.4 Å². The van der Waals surface area contributed by atoms with Crippen LogP contribution in [0.4, 0.5) is 0 Å². The van der Waals surface area contributed by atoms with E-state index in [-0.39, 0.29) is 32.0 Å². The molecule has 0 aliphatic rings. The number of benzene rings is 1. The molecule has 5 nitrogen and oxygen atoms in total. The van der Waals surface area contributed by atoms with Gasteiger partial charge in [-0.1, -0.05) is 23.7 Å². The van der Waals surface area contributed by atoms with E-state index in [1.54, 1.807) is 24.3 Å². The zero-order valence-electron chi connectivity index (χ0n) is 10.9. The van der Waals surface area contributed by atoms with Crippen molar-refractivity contribution in [3.05, 3.63) is 41.9 Å². The quantitative estimate of drug-likeness (QED) is 0.747. The van der Waals surface area contributed by atoms with Gasteiger partial charge in [0.1, 0.15) is 12.3 Å². The Balaban J connectivity index is 2.44. The fraction of sp³-hybridized carbons (Fsp3) is 0.286. The molecule has 0 atom stereocenters. The first-order valence-corrected chi connectivity index (χ1v) is 6.39. The number of carbonyl (C=O) groups is 2. The third kappa shape index (κ3) is 5.75. The maximum atomic E-state index is 11.8. The van der Waals surface area contributed by atoms with Crippen LogP contribution in [0.1, 0.15) is 6.42 Å². The van der Waals surface area contributed by atoms with Crippen molar-refractivity contribution in [2.24, 2.45) is 0 Å². The number of hydrogen-bond acceptors (Lipinski definition) is 3. The highest BCUT2D eigenvalue weighted by Gasteiger charge is 2.15. The Morgan fingerprint density at radius 2 is 2.20 bits per heavy atom. The number of rotatable bonds is 8. The van der Waals surface area contributed by atoms with Gasteiger partial charge in [0.25, 0.3) is 0 Å². The third-order valence-electron chi connectivity index (χ3n) is 2.41. The number of ether oxygens (including phenoxy) is 1. The number of hydrogen-bond donors (Lipinski definition) is 1. The zero-order valence-corrected chi connectivity index (χ0v) is 11.7. The Labute approximate surface area is 122 Å². The van der Waals surface area contributed by atoms with Crippen LogP contribution in [0, 0.1) is 0 Å². The lowest BCUT2D eigenvalue weighted by Crippen LogP contribution is -2.36. The molecule has 6 heteroatoms. The Morgan fingerprint density at radius 1 is 1.45 bits per heavy atom. The molecule has 0 aliphatic carbocycles. The van der Waals surface area contributed by atoms with Gasteiger partial charge in [0, 0.05) is 11.6 Å². The molecule has 0 aliphatic heterocycles. The molecule has 0 fully saturated rings. The molecule has 1 amide bonds. The standard InChI is InChI=1S/C14H16ClNO4/c1-2-7-16(10-14(18)19)13(17)6-8-20-12-5-3-4-11(15)9-12/h2-5,9H,1,6-8,10H2,(H,18,19). The van der Waals surface area contributed by atoms with Crippen LogP contribution in [0.15, 0.2) is 36.9 Å². The second-order valence-electron chi connectivity index (χ2n) is 4.01. The first-order valence-electron chi connectivity index (χ1n) is 6.01. The van der Waals surface area contributed by atoms with E-state index < -0.39 is 5.97 Å². The molecule has 108 valence electrons. The SMILES string of the molecule is C=CCN(CC(=O)O)C(=O)CCOc1cccc(Cl)c1. The Morgan fingerprint density at radius 3 is 2.80 bits per heavy atom. The first kappa shape index (κ1) is 16.0. The van der Waals surface area contributed by atoms with Crippen LogP contribution < -0.4 is 4.74 Å². The summed E-state index contributed by atoms with van der Waals surface area (Å²) < 4.78 is 5.39. The topological polar surface area (TPSA) is 66.8 Å². The molecule has 1 N–H and O–H groups in total. The number of aliphatic carboxylic acids is 1. The number of halogens is 1. The van der Waals surface area contributed by atoms with Gasteiger partial charge >= 0.3 is 5.97 Å². The van der Waals surface area contributed by atoms with Crippen LogP contribution in [-0.2, 0) is 9.59 Å². The van der Waals surface area contributed by atoms with Gasteiger partial charge in [-0.25, -0.2) is 0 Å². The highest BCUT2D eigenvalue weighted by Crippen LogP contribution is 2.17. The van der Waals surface area contributed by atoms with Crippen molar-refractivity contribution in [2.75, 3.05) is 19.7 Å². The molecule has 0 spiro atoms. The number of carbonyl (C=O) groups excluding carboxylic acids is 1. The summed E-state index contributed by atoms with van der Waals surface area (Å²) in [5.74, 6) is -0.788. The fourth-order valence-corrected chi connectivity index (χ4v) is 1.73. The first-order chi connectivity index (χ1) is 9.52. The van der Waals surface area contributed by atoms with Gasteiger partial charge in [-0.05, 0) is 18.2 Å². The van der Waals surface area contributed by atoms with Gasteiger partial charge in [0.15, 0.2) is 0 Å². The molecule has 0 radical (unpaired) electrons. The second kappa shape index (κ2) is 8.22. The average molecular weight is 298 g/mol. The molecule has 0 heterocycles. The van der Waals surface area contributed by atoms with Gasteiger partial charge in [0.2, 0.25) is 5.91 Å². The van der Waals surface area contributed by atoms with E-state index in [2.05, 4.69) is 6.58 Å². The summed E-state index contributed by atoms with van der Waals surface area (Å²) in [4.78, 5) is 23.7. The van der Waals surface area contributed by atoms with Crippen molar-refractivity contribution in [3.8, 4) is 5.75 Å². The fourth-order valence-electron chi connectivity index (χ4n) is 1.54. The number of carboxylic acid groups (broad SMARTS) is 1. The molecular weight excluding hydrogens is 282 g/mol. The van der Waals surface area contributed by atoms with Crippen molar-refractivity contribution in [1.29, 1.82) is 0 Å². The summed E-state index contributed by atoms with van der Waals surface area (Å²) in [5, 5.41) is 9.27. The molecule has 0 unspecified atom stereocenters. The Bertz CT molecular complexity index is 490. The van der Waals surface area contributed by atoms with E-state index in [1.165, 1.54) is 11.0 Å². The molecule has 0 aromatic heterocycles. The second-order valence-corrected chi connectivity index (χ2v) is 4.45. The molecule has 1 rings (SSSR count). The minimum atomic E-state index is -1.06. The highest BCUT2D eigenvalue weighted by molar-refractivity contribution is 6.30. The highest BCUT2D eigenvalue weighted by atomic mass is 35.5. The van der Waals surface area contributed by atoms with Crippen LogP contribution in [-0.4, -0.2) is 41.6 Å².